The largest absolute Gasteiger partial charge is 0.253 e. The monoisotopic (exact) mass is 103 g/mol. The Morgan fingerprint density at radius 2 is 2.50 bits per heavy atom. The average molecular weight is 104 g/mol. The number of aliphatic imine (C=N–C) groups is 1. The van der Waals surface area contributed by atoms with E-state index in [1.807, 2.05) is 0 Å². The van der Waals surface area contributed by atoms with E-state index in [1.54, 1.807) is 13.0 Å². The summed E-state index contributed by atoms with van der Waals surface area (Å²) in [6.07, 6.45) is 1.68. The lowest BCUT2D eigenvalue weighted by Gasteiger charge is -1.75. The molecule has 34 valence electrons. The second kappa shape index (κ2) is 2.91. The van der Waals surface area contributed by atoms with Crippen LogP contribution >= 0.6 is 11.6 Å². The molecule has 0 heterocycles. The van der Waals surface area contributed by atoms with Crippen LogP contribution in [0.4, 0.5) is 0 Å². The minimum Gasteiger partial charge on any atom is -0.253 e. The summed E-state index contributed by atoms with van der Waals surface area (Å²) in [4.78, 5) is 3.38. The Bertz CT molecular complexity index is 75.6. The molecule has 0 aliphatic heterocycles. The molecule has 6 heavy (non-hydrogen) atoms. The van der Waals surface area contributed by atoms with E-state index in [0.29, 0.717) is 5.16 Å². The van der Waals surface area contributed by atoms with Crippen LogP contribution in [0.2, 0.25) is 0 Å². The van der Waals surface area contributed by atoms with Crippen molar-refractivity contribution in [3.05, 3.63) is 11.2 Å². The molecule has 0 atom stereocenters. The normalized spacial score (nSPS) is 11.3. The third-order valence-corrected chi connectivity index (χ3v) is 0.727. The minimum atomic E-state index is 0.454. The van der Waals surface area contributed by atoms with Crippen LogP contribution in [0.1, 0.15) is 6.92 Å². The van der Waals surface area contributed by atoms with Gasteiger partial charge in [0, 0.05) is 0 Å². The van der Waals surface area contributed by atoms with E-state index in [9.17, 15) is 0 Å². The van der Waals surface area contributed by atoms with Crippen molar-refractivity contribution in [3.63, 3.8) is 0 Å². The third-order valence-electron chi connectivity index (χ3n) is 0.389. The van der Waals surface area contributed by atoms with Crippen LogP contribution in [-0.2, 0) is 0 Å². The fourth-order valence-electron chi connectivity index (χ4n) is 0.0913. The van der Waals surface area contributed by atoms with Crippen molar-refractivity contribution in [3.8, 4) is 0 Å². The zero-order valence-corrected chi connectivity index (χ0v) is 4.37. The Hall–Kier alpha value is -0.300. The Labute approximate surface area is 42.3 Å². The SMILES string of the molecule is C=NC(Cl)=CC. The molecule has 0 unspecified atom stereocenters. The van der Waals surface area contributed by atoms with E-state index in [4.69, 9.17) is 11.6 Å². The topological polar surface area (TPSA) is 12.4 Å². The Kier molecular flexibility index (Phi) is 2.77. The van der Waals surface area contributed by atoms with Crippen molar-refractivity contribution < 1.29 is 0 Å². The maximum atomic E-state index is 5.28. The molecular formula is C4H6ClN. The summed E-state index contributed by atoms with van der Waals surface area (Å²) in [5.74, 6) is 0. The van der Waals surface area contributed by atoms with Crippen LogP contribution in [0.25, 0.3) is 0 Å². The molecule has 2 heteroatoms. The molecule has 0 radical (unpaired) electrons. The van der Waals surface area contributed by atoms with Gasteiger partial charge in [0.2, 0.25) is 0 Å². The van der Waals surface area contributed by atoms with Crippen LogP contribution < -0.4 is 0 Å². The van der Waals surface area contributed by atoms with Crippen LogP contribution in [-0.4, -0.2) is 6.72 Å². The first-order valence-corrected chi connectivity index (χ1v) is 1.97. The molecule has 0 aromatic carbocycles. The highest BCUT2D eigenvalue weighted by Gasteiger charge is 1.71. The molecule has 0 spiro atoms. The lowest BCUT2D eigenvalue weighted by Crippen LogP contribution is -1.52. The first kappa shape index (κ1) is 5.70. The van der Waals surface area contributed by atoms with Crippen molar-refractivity contribution in [2.75, 3.05) is 0 Å². The zero-order chi connectivity index (χ0) is 4.99. The molecule has 0 rings (SSSR count). The summed E-state index contributed by atoms with van der Waals surface area (Å²) in [5.41, 5.74) is 0. The van der Waals surface area contributed by atoms with Crippen molar-refractivity contribution in [1.82, 2.24) is 0 Å². The van der Waals surface area contributed by atoms with Gasteiger partial charge in [-0.2, -0.15) is 0 Å². The summed E-state index contributed by atoms with van der Waals surface area (Å²) in [6.45, 7) is 4.98. The summed E-state index contributed by atoms with van der Waals surface area (Å²) < 4.78 is 0. The predicted octanol–water partition coefficient (Wildman–Crippen LogP) is 1.79. The van der Waals surface area contributed by atoms with E-state index < -0.39 is 0 Å². The molecule has 0 saturated carbocycles. The highest BCUT2D eigenvalue weighted by Crippen LogP contribution is 1.97. The summed E-state index contributed by atoms with van der Waals surface area (Å²) in [6, 6.07) is 0. The fraction of sp³-hybridized carbons (Fsp3) is 0.250. The number of hydrogen-bond donors (Lipinski definition) is 0. The maximum Gasteiger partial charge on any atom is 0.124 e. The molecule has 1 nitrogen and oxygen atoms in total. The molecular weight excluding hydrogens is 97.5 g/mol. The van der Waals surface area contributed by atoms with Gasteiger partial charge in [0.15, 0.2) is 0 Å². The Morgan fingerprint density at radius 1 is 2.00 bits per heavy atom. The summed E-state index contributed by atoms with van der Waals surface area (Å²) in [5, 5.41) is 0.454. The van der Waals surface area contributed by atoms with E-state index in [2.05, 4.69) is 11.7 Å². The molecule has 0 aliphatic rings. The van der Waals surface area contributed by atoms with E-state index in [-0.39, 0.29) is 0 Å². The number of hydrogen-bond acceptors (Lipinski definition) is 1. The second-order valence-corrected chi connectivity index (χ2v) is 1.16. The molecule has 0 bridgehead atoms. The van der Waals surface area contributed by atoms with Crippen molar-refractivity contribution in [2.45, 2.75) is 6.92 Å². The standard InChI is InChI=1S/C4H6ClN/c1-3-4(5)6-2/h3H,2H2,1H3. The first-order valence-electron chi connectivity index (χ1n) is 1.59. The predicted molar refractivity (Wildman–Crippen MR) is 29.2 cm³/mol. The lowest BCUT2D eigenvalue weighted by molar-refractivity contribution is 1.51. The number of allylic oxidation sites excluding steroid dienone is 1. The van der Waals surface area contributed by atoms with Gasteiger partial charge in [-0.25, -0.2) is 0 Å². The number of rotatable bonds is 1. The Morgan fingerprint density at radius 3 is 2.50 bits per heavy atom. The van der Waals surface area contributed by atoms with Crippen LogP contribution in [0.5, 0.6) is 0 Å². The molecule has 0 amide bonds. The number of nitrogens with zero attached hydrogens (tertiary/aromatic N) is 1. The average Bonchev–Trinajstić information content (AvgIpc) is 1.65. The van der Waals surface area contributed by atoms with Gasteiger partial charge in [-0.15, -0.1) is 0 Å². The molecule has 0 saturated heterocycles. The maximum absolute atomic E-state index is 5.28. The van der Waals surface area contributed by atoms with E-state index in [0.717, 1.165) is 0 Å². The minimum absolute atomic E-state index is 0.454. The van der Waals surface area contributed by atoms with Gasteiger partial charge in [0.1, 0.15) is 5.16 Å². The van der Waals surface area contributed by atoms with Gasteiger partial charge in [-0.05, 0) is 13.6 Å². The van der Waals surface area contributed by atoms with E-state index >= 15 is 0 Å². The highest BCUT2D eigenvalue weighted by molar-refractivity contribution is 6.29. The van der Waals surface area contributed by atoms with Crippen LogP contribution in [0.3, 0.4) is 0 Å². The highest BCUT2D eigenvalue weighted by atomic mass is 35.5. The Balaban J connectivity index is 3.50. The second-order valence-electron chi connectivity index (χ2n) is 0.770. The van der Waals surface area contributed by atoms with Gasteiger partial charge in [0.25, 0.3) is 0 Å². The van der Waals surface area contributed by atoms with Crippen molar-refractivity contribution in [1.29, 1.82) is 0 Å². The lowest BCUT2D eigenvalue weighted by atomic mass is 10.7. The van der Waals surface area contributed by atoms with Gasteiger partial charge in [0.05, 0.1) is 0 Å². The molecule has 0 aromatic rings. The van der Waals surface area contributed by atoms with Crippen LogP contribution in [0.15, 0.2) is 16.2 Å². The molecule has 0 fully saturated rings. The zero-order valence-electron chi connectivity index (χ0n) is 3.61. The van der Waals surface area contributed by atoms with E-state index in [1.165, 1.54) is 0 Å². The fourth-order valence-corrected chi connectivity index (χ4v) is 0.0913. The van der Waals surface area contributed by atoms with Crippen molar-refractivity contribution in [2.24, 2.45) is 4.99 Å². The van der Waals surface area contributed by atoms with Gasteiger partial charge < -0.3 is 0 Å². The quantitative estimate of drug-likeness (QED) is 0.354. The smallest absolute Gasteiger partial charge is 0.124 e. The summed E-state index contributed by atoms with van der Waals surface area (Å²) >= 11 is 5.28. The van der Waals surface area contributed by atoms with Crippen LogP contribution in [0, 0.1) is 0 Å². The van der Waals surface area contributed by atoms with Gasteiger partial charge in [-0.3, -0.25) is 4.99 Å². The molecule has 0 aromatic heterocycles. The van der Waals surface area contributed by atoms with Gasteiger partial charge in [-0.1, -0.05) is 17.7 Å². The third kappa shape index (κ3) is 1.97. The van der Waals surface area contributed by atoms with Gasteiger partial charge >= 0.3 is 0 Å². The number of halogens is 1. The van der Waals surface area contributed by atoms with Crippen molar-refractivity contribution >= 4 is 18.3 Å². The molecule has 0 aliphatic carbocycles. The molecule has 0 N–H and O–H groups in total. The summed E-state index contributed by atoms with van der Waals surface area (Å²) in [7, 11) is 0. The first-order chi connectivity index (χ1) is 2.81.